The van der Waals surface area contributed by atoms with Gasteiger partial charge in [-0.15, -0.1) is 0 Å². The number of hydrogen-bond acceptors (Lipinski definition) is 3. The Kier molecular flexibility index (Phi) is 2.80. The molecule has 0 saturated carbocycles. The van der Waals surface area contributed by atoms with Gasteiger partial charge >= 0.3 is 5.82 Å². The lowest BCUT2D eigenvalue weighted by Crippen LogP contribution is -1.97. The lowest BCUT2D eigenvalue weighted by molar-refractivity contribution is -0.389. The predicted octanol–water partition coefficient (Wildman–Crippen LogP) is 1.82. The van der Waals surface area contributed by atoms with Crippen LogP contribution >= 0.6 is 15.9 Å². The molecule has 0 aromatic carbocycles. The number of rotatable bonds is 3. The zero-order valence-electron chi connectivity index (χ0n) is 6.45. The fourth-order valence-corrected chi connectivity index (χ4v) is 1.05. The number of halogens is 1. The molecule has 1 atom stereocenters. The molecule has 1 rings (SSSR count). The minimum Gasteiger partial charge on any atom is -0.358 e. The average molecular weight is 234 g/mol. The Labute approximate surface area is 77.5 Å². The number of imidazole rings is 1. The highest BCUT2D eigenvalue weighted by molar-refractivity contribution is 9.09. The van der Waals surface area contributed by atoms with Crippen LogP contribution in [0.15, 0.2) is 6.20 Å². The zero-order valence-corrected chi connectivity index (χ0v) is 8.04. The monoisotopic (exact) mass is 233 g/mol. The van der Waals surface area contributed by atoms with E-state index in [4.69, 9.17) is 0 Å². The summed E-state index contributed by atoms with van der Waals surface area (Å²) in [5, 5.41) is 11.0. The van der Waals surface area contributed by atoms with Crippen molar-refractivity contribution in [3.63, 3.8) is 0 Å². The van der Waals surface area contributed by atoms with Gasteiger partial charge in [-0.25, -0.2) is 9.97 Å². The summed E-state index contributed by atoms with van der Waals surface area (Å²) in [7, 11) is 0. The zero-order chi connectivity index (χ0) is 9.14. The van der Waals surface area contributed by atoms with Gasteiger partial charge in [0.1, 0.15) is 6.20 Å². The van der Waals surface area contributed by atoms with Gasteiger partial charge in [0.05, 0.1) is 0 Å². The van der Waals surface area contributed by atoms with Gasteiger partial charge < -0.3 is 10.1 Å². The van der Waals surface area contributed by atoms with Crippen molar-refractivity contribution in [2.45, 2.75) is 12.8 Å². The van der Waals surface area contributed by atoms with Gasteiger partial charge in [0, 0.05) is 11.2 Å². The molecule has 1 heterocycles. The highest BCUT2D eigenvalue weighted by Gasteiger charge is 2.14. The number of aromatic amines is 1. The second kappa shape index (κ2) is 3.66. The van der Waals surface area contributed by atoms with Crippen molar-refractivity contribution in [2.75, 3.05) is 5.33 Å². The van der Waals surface area contributed by atoms with E-state index in [-0.39, 0.29) is 11.7 Å². The van der Waals surface area contributed by atoms with Gasteiger partial charge in [-0.3, -0.25) is 0 Å². The quantitative estimate of drug-likeness (QED) is 0.492. The fraction of sp³-hybridized carbons (Fsp3) is 0.500. The van der Waals surface area contributed by atoms with Crippen LogP contribution < -0.4 is 0 Å². The van der Waals surface area contributed by atoms with Crippen LogP contribution in [0.4, 0.5) is 5.82 Å². The summed E-state index contributed by atoms with van der Waals surface area (Å²) in [6, 6.07) is 0. The highest BCUT2D eigenvalue weighted by atomic mass is 79.9. The second-order valence-corrected chi connectivity index (χ2v) is 3.11. The third-order valence-electron chi connectivity index (χ3n) is 1.48. The maximum atomic E-state index is 10.2. The van der Waals surface area contributed by atoms with Crippen LogP contribution in [0.2, 0.25) is 0 Å². The molecule has 6 heteroatoms. The van der Waals surface area contributed by atoms with Crippen LogP contribution in [0.3, 0.4) is 0 Å². The summed E-state index contributed by atoms with van der Waals surface area (Å²) < 4.78 is 0. The van der Waals surface area contributed by atoms with E-state index in [2.05, 4.69) is 25.9 Å². The number of nitro groups is 1. The van der Waals surface area contributed by atoms with E-state index in [9.17, 15) is 10.1 Å². The maximum absolute atomic E-state index is 10.2. The molecule has 12 heavy (non-hydrogen) atoms. The Morgan fingerprint density at radius 2 is 2.58 bits per heavy atom. The summed E-state index contributed by atoms with van der Waals surface area (Å²) in [5.41, 5.74) is 0. The first-order valence-corrected chi connectivity index (χ1v) is 4.52. The number of nitrogens with zero attached hydrogens (tertiary/aromatic N) is 2. The lowest BCUT2D eigenvalue weighted by Gasteiger charge is -1.97. The molecule has 1 N–H and O–H groups in total. The van der Waals surface area contributed by atoms with Gasteiger partial charge in [0.15, 0.2) is 5.82 Å². The Morgan fingerprint density at radius 3 is 3.00 bits per heavy atom. The molecule has 0 saturated heterocycles. The molecule has 1 aromatic rings. The van der Waals surface area contributed by atoms with E-state index < -0.39 is 4.92 Å². The topological polar surface area (TPSA) is 71.8 Å². The Hall–Kier alpha value is -0.910. The number of hydrogen-bond donors (Lipinski definition) is 1. The van der Waals surface area contributed by atoms with Crippen LogP contribution in [0.25, 0.3) is 0 Å². The normalized spacial score (nSPS) is 12.8. The minimum absolute atomic E-state index is 0.0576. The first-order valence-electron chi connectivity index (χ1n) is 3.40. The Balaban J connectivity index is 2.84. The van der Waals surface area contributed by atoms with E-state index in [1.807, 2.05) is 6.92 Å². The van der Waals surface area contributed by atoms with Crippen molar-refractivity contribution >= 4 is 21.7 Å². The molecule has 0 fully saturated rings. The van der Waals surface area contributed by atoms with Crippen LogP contribution in [0.1, 0.15) is 18.7 Å². The number of nitrogens with one attached hydrogen (secondary N) is 1. The number of alkyl halides is 1. The molecule has 0 radical (unpaired) electrons. The number of aromatic nitrogens is 2. The SMILES string of the molecule is CC(CBr)c1ncc([N+](=O)[O-])[nH]1. The molecule has 0 spiro atoms. The van der Waals surface area contributed by atoms with Crippen molar-refractivity contribution in [3.8, 4) is 0 Å². The summed E-state index contributed by atoms with van der Waals surface area (Å²) in [4.78, 5) is 16.3. The predicted molar refractivity (Wildman–Crippen MR) is 47.5 cm³/mol. The van der Waals surface area contributed by atoms with Crippen LogP contribution in [-0.2, 0) is 0 Å². The van der Waals surface area contributed by atoms with Crippen LogP contribution in [0.5, 0.6) is 0 Å². The molecular formula is C6H8BrN3O2. The summed E-state index contributed by atoms with van der Waals surface area (Å²) in [6.45, 7) is 1.93. The third kappa shape index (κ3) is 1.82. The molecule has 0 amide bonds. The number of H-pyrrole nitrogens is 1. The van der Waals surface area contributed by atoms with Crippen molar-refractivity contribution in [2.24, 2.45) is 0 Å². The van der Waals surface area contributed by atoms with E-state index in [1.54, 1.807) is 0 Å². The maximum Gasteiger partial charge on any atom is 0.340 e. The van der Waals surface area contributed by atoms with Crippen molar-refractivity contribution in [1.82, 2.24) is 9.97 Å². The molecular weight excluding hydrogens is 226 g/mol. The summed E-state index contributed by atoms with van der Waals surface area (Å²) >= 11 is 3.27. The summed E-state index contributed by atoms with van der Waals surface area (Å²) in [6.07, 6.45) is 1.23. The minimum atomic E-state index is -0.489. The third-order valence-corrected chi connectivity index (χ3v) is 2.45. The van der Waals surface area contributed by atoms with E-state index >= 15 is 0 Å². The molecule has 0 aliphatic heterocycles. The van der Waals surface area contributed by atoms with Crippen LogP contribution in [0, 0.1) is 10.1 Å². The van der Waals surface area contributed by atoms with Gasteiger partial charge in [0.25, 0.3) is 0 Å². The molecule has 0 bridgehead atoms. The first kappa shape index (κ1) is 9.18. The molecule has 66 valence electrons. The molecule has 0 aliphatic carbocycles. The Morgan fingerprint density at radius 1 is 1.92 bits per heavy atom. The smallest absolute Gasteiger partial charge is 0.340 e. The van der Waals surface area contributed by atoms with Crippen molar-refractivity contribution in [1.29, 1.82) is 0 Å². The lowest BCUT2D eigenvalue weighted by atomic mass is 10.2. The second-order valence-electron chi connectivity index (χ2n) is 2.47. The molecule has 0 aliphatic rings. The van der Waals surface area contributed by atoms with Crippen molar-refractivity contribution in [3.05, 3.63) is 22.1 Å². The summed E-state index contributed by atoms with van der Waals surface area (Å²) in [5.74, 6) is 0.745. The van der Waals surface area contributed by atoms with Gasteiger partial charge in [-0.2, -0.15) is 0 Å². The van der Waals surface area contributed by atoms with Gasteiger partial charge in [-0.1, -0.05) is 22.9 Å². The average Bonchev–Trinajstić information content (AvgIpc) is 2.51. The fourth-order valence-electron chi connectivity index (χ4n) is 0.743. The van der Waals surface area contributed by atoms with E-state index in [0.29, 0.717) is 5.82 Å². The highest BCUT2D eigenvalue weighted by Crippen LogP contribution is 2.16. The van der Waals surface area contributed by atoms with Gasteiger partial charge in [-0.05, 0) is 4.92 Å². The molecule has 1 aromatic heterocycles. The van der Waals surface area contributed by atoms with E-state index in [1.165, 1.54) is 6.20 Å². The Bertz CT molecular complexity index is 286. The largest absolute Gasteiger partial charge is 0.358 e. The van der Waals surface area contributed by atoms with Crippen LogP contribution in [-0.4, -0.2) is 20.2 Å². The first-order chi connectivity index (χ1) is 5.65. The van der Waals surface area contributed by atoms with E-state index in [0.717, 1.165) is 5.33 Å². The van der Waals surface area contributed by atoms with Gasteiger partial charge in [0.2, 0.25) is 0 Å². The van der Waals surface area contributed by atoms with Crippen molar-refractivity contribution < 1.29 is 4.92 Å². The standard InChI is InChI=1S/C6H8BrN3O2/c1-4(2-7)6-8-3-5(9-6)10(11)12/h3-4H,2H2,1H3,(H,8,9). The molecule has 1 unspecified atom stereocenters. The molecule has 5 nitrogen and oxygen atoms in total.